The Morgan fingerprint density at radius 1 is 1.05 bits per heavy atom. The number of nitrogens with one attached hydrogen (secondary N) is 2. The number of thiophene rings is 1. The van der Waals surface area contributed by atoms with E-state index in [9.17, 15) is 0 Å². The van der Waals surface area contributed by atoms with Gasteiger partial charge in [0.25, 0.3) is 0 Å². The van der Waals surface area contributed by atoms with Gasteiger partial charge in [-0.1, -0.05) is 6.92 Å². The third-order valence-electron chi connectivity index (χ3n) is 3.26. The normalized spacial score (nSPS) is 10.6. The van der Waals surface area contributed by atoms with Crippen LogP contribution in [0.2, 0.25) is 0 Å². The van der Waals surface area contributed by atoms with E-state index < -0.39 is 0 Å². The molecule has 2 rings (SSSR count). The van der Waals surface area contributed by atoms with Crippen LogP contribution in [-0.2, 0) is 13.0 Å². The highest BCUT2D eigenvalue weighted by atomic mass is 32.1. The van der Waals surface area contributed by atoms with Gasteiger partial charge in [0.05, 0.1) is 0 Å². The van der Waals surface area contributed by atoms with Gasteiger partial charge < -0.3 is 10.6 Å². The van der Waals surface area contributed by atoms with E-state index in [1.54, 1.807) is 11.3 Å². The van der Waals surface area contributed by atoms with Crippen LogP contribution < -0.4 is 10.6 Å². The summed E-state index contributed by atoms with van der Waals surface area (Å²) in [5.41, 5.74) is 3.74. The second-order valence-corrected chi connectivity index (χ2v) is 5.52. The van der Waals surface area contributed by atoms with Crippen molar-refractivity contribution in [1.82, 2.24) is 9.97 Å². The fourth-order valence-corrected chi connectivity index (χ4v) is 2.84. The van der Waals surface area contributed by atoms with Gasteiger partial charge in [-0.25, -0.2) is 9.97 Å². The van der Waals surface area contributed by atoms with Crippen molar-refractivity contribution in [2.24, 2.45) is 0 Å². The van der Waals surface area contributed by atoms with Gasteiger partial charge in [-0.15, -0.1) is 0 Å². The quantitative estimate of drug-likeness (QED) is 0.850. The Morgan fingerprint density at radius 3 is 2.30 bits per heavy atom. The van der Waals surface area contributed by atoms with Crippen molar-refractivity contribution in [2.75, 3.05) is 17.2 Å². The number of nitrogens with zero attached hydrogens (tertiary/aromatic N) is 2. The molecule has 0 saturated heterocycles. The third kappa shape index (κ3) is 3.28. The van der Waals surface area contributed by atoms with Crippen LogP contribution in [0.25, 0.3) is 0 Å². The van der Waals surface area contributed by atoms with Crippen LogP contribution in [0.1, 0.15) is 36.4 Å². The molecule has 0 saturated carbocycles. The zero-order chi connectivity index (χ0) is 14.5. The van der Waals surface area contributed by atoms with Crippen molar-refractivity contribution >= 4 is 23.0 Å². The average Bonchev–Trinajstić information content (AvgIpc) is 2.85. The fourth-order valence-electron chi connectivity index (χ4n) is 1.98. The molecule has 0 amide bonds. The van der Waals surface area contributed by atoms with Crippen LogP contribution >= 0.6 is 11.3 Å². The van der Waals surface area contributed by atoms with E-state index in [-0.39, 0.29) is 0 Å². The number of aromatic nitrogens is 2. The van der Waals surface area contributed by atoms with E-state index >= 15 is 0 Å². The van der Waals surface area contributed by atoms with E-state index in [1.165, 1.54) is 11.1 Å². The van der Waals surface area contributed by atoms with Crippen molar-refractivity contribution in [1.29, 1.82) is 0 Å². The van der Waals surface area contributed by atoms with Crippen molar-refractivity contribution in [3.63, 3.8) is 0 Å². The maximum Gasteiger partial charge on any atom is 0.135 e. The summed E-state index contributed by atoms with van der Waals surface area (Å²) in [4.78, 5) is 9.15. The first-order valence-electron chi connectivity index (χ1n) is 7.02. The number of hydrogen-bond donors (Lipinski definition) is 2. The van der Waals surface area contributed by atoms with Crippen molar-refractivity contribution in [3.05, 3.63) is 33.3 Å². The minimum Gasteiger partial charge on any atom is -0.370 e. The molecule has 0 unspecified atom stereocenters. The molecule has 2 heterocycles. The summed E-state index contributed by atoms with van der Waals surface area (Å²) in [6.45, 7) is 10.0. The number of rotatable bonds is 6. The minimum atomic E-state index is 0.807. The summed E-state index contributed by atoms with van der Waals surface area (Å²) in [6, 6.07) is 0. The minimum absolute atomic E-state index is 0.807. The molecule has 20 heavy (non-hydrogen) atoms. The SMILES string of the molecule is CCNc1nc(CC)nc(NCc2cscc2C)c1C. The van der Waals surface area contributed by atoms with E-state index in [2.05, 4.69) is 59.1 Å². The standard InChI is InChI=1S/C15H22N4S/c1-5-13-18-14(16-6-2)11(4)15(19-13)17-7-12-9-20-8-10(12)3/h8-9H,5-7H2,1-4H3,(H2,16,17,18,19). The lowest BCUT2D eigenvalue weighted by Crippen LogP contribution is -2.11. The molecule has 2 aromatic heterocycles. The molecule has 0 aliphatic carbocycles. The number of aryl methyl sites for hydroxylation is 2. The molecule has 5 heteroatoms. The summed E-state index contributed by atoms with van der Waals surface area (Å²) in [5.74, 6) is 2.73. The maximum absolute atomic E-state index is 4.60. The molecule has 2 N–H and O–H groups in total. The van der Waals surface area contributed by atoms with Crippen LogP contribution in [0.5, 0.6) is 0 Å². The first kappa shape index (κ1) is 14.8. The van der Waals surface area contributed by atoms with Gasteiger partial charge in [0.1, 0.15) is 17.5 Å². The molecular formula is C15H22N4S. The third-order valence-corrected chi connectivity index (χ3v) is 4.17. The first-order chi connectivity index (χ1) is 9.65. The molecular weight excluding hydrogens is 268 g/mol. The molecule has 0 bridgehead atoms. The maximum atomic E-state index is 4.60. The lowest BCUT2D eigenvalue weighted by atomic mass is 10.2. The Bertz CT molecular complexity index is 577. The van der Waals surface area contributed by atoms with Crippen LogP contribution in [0, 0.1) is 13.8 Å². The number of anilines is 2. The highest BCUT2D eigenvalue weighted by Crippen LogP contribution is 2.22. The summed E-state index contributed by atoms with van der Waals surface area (Å²) in [7, 11) is 0. The van der Waals surface area contributed by atoms with E-state index in [4.69, 9.17) is 0 Å². The van der Waals surface area contributed by atoms with Gasteiger partial charge in [0, 0.05) is 25.1 Å². The predicted octanol–water partition coefficient (Wildman–Crippen LogP) is 3.76. The Balaban J connectivity index is 2.21. The largest absolute Gasteiger partial charge is 0.370 e. The molecule has 0 aliphatic rings. The van der Waals surface area contributed by atoms with Gasteiger partial charge in [0.2, 0.25) is 0 Å². The monoisotopic (exact) mass is 290 g/mol. The molecule has 2 aromatic rings. The Morgan fingerprint density at radius 2 is 1.75 bits per heavy atom. The second-order valence-electron chi connectivity index (χ2n) is 4.78. The van der Waals surface area contributed by atoms with Gasteiger partial charge in [-0.3, -0.25) is 0 Å². The van der Waals surface area contributed by atoms with Gasteiger partial charge >= 0.3 is 0 Å². The summed E-state index contributed by atoms with van der Waals surface area (Å²) < 4.78 is 0. The highest BCUT2D eigenvalue weighted by Gasteiger charge is 2.10. The van der Waals surface area contributed by atoms with Crippen molar-refractivity contribution < 1.29 is 0 Å². The topological polar surface area (TPSA) is 49.8 Å². The Kier molecular flexibility index (Phi) is 4.95. The lowest BCUT2D eigenvalue weighted by molar-refractivity contribution is 0.919. The molecule has 108 valence electrons. The van der Waals surface area contributed by atoms with E-state index in [0.29, 0.717) is 0 Å². The zero-order valence-electron chi connectivity index (χ0n) is 12.6. The smallest absolute Gasteiger partial charge is 0.135 e. The predicted molar refractivity (Wildman–Crippen MR) is 86.7 cm³/mol. The summed E-state index contributed by atoms with van der Waals surface area (Å²) in [5, 5.41) is 11.1. The van der Waals surface area contributed by atoms with Gasteiger partial charge in [-0.2, -0.15) is 11.3 Å². The van der Waals surface area contributed by atoms with Gasteiger partial charge in [-0.05, 0) is 42.7 Å². The average molecular weight is 290 g/mol. The van der Waals surface area contributed by atoms with Crippen LogP contribution in [0.15, 0.2) is 10.8 Å². The van der Waals surface area contributed by atoms with Crippen LogP contribution in [0.3, 0.4) is 0 Å². The van der Waals surface area contributed by atoms with E-state index in [1.807, 2.05) is 0 Å². The van der Waals surface area contributed by atoms with Gasteiger partial charge in [0.15, 0.2) is 0 Å². The molecule has 0 aromatic carbocycles. The molecule has 0 spiro atoms. The van der Waals surface area contributed by atoms with Crippen LogP contribution in [0.4, 0.5) is 11.6 Å². The highest BCUT2D eigenvalue weighted by molar-refractivity contribution is 7.08. The molecule has 4 nitrogen and oxygen atoms in total. The molecule has 0 radical (unpaired) electrons. The Hall–Kier alpha value is -1.62. The lowest BCUT2D eigenvalue weighted by Gasteiger charge is -2.14. The second kappa shape index (κ2) is 6.70. The number of hydrogen-bond acceptors (Lipinski definition) is 5. The zero-order valence-corrected chi connectivity index (χ0v) is 13.4. The first-order valence-corrected chi connectivity index (χ1v) is 7.96. The fraction of sp³-hybridized carbons (Fsp3) is 0.467. The molecule has 0 aliphatic heterocycles. The molecule has 0 fully saturated rings. The summed E-state index contributed by atoms with van der Waals surface area (Å²) >= 11 is 1.74. The van der Waals surface area contributed by atoms with Crippen LogP contribution in [-0.4, -0.2) is 16.5 Å². The summed E-state index contributed by atoms with van der Waals surface area (Å²) in [6.07, 6.45) is 0.838. The molecule has 0 atom stereocenters. The van der Waals surface area contributed by atoms with E-state index in [0.717, 1.165) is 42.5 Å². The van der Waals surface area contributed by atoms with Crippen molar-refractivity contribution in [2.45, 2.75) is 40.7 Å². The Labute approximate surface area is 124 Å². The van der Waals surface area contributed by atoms with Crippen molar-refractivity contribution in [3.8, 4) is 0 Å².